The number of hydrogen-bond acceptors (Lipinski definition) is 6. The Morgan fingerprint density at radius 1 is 1.24 bits per heavy atom. The molecule has 1 aliphatic rings. The van der Waals surface area contributed by atoms with Crippen molar-refractivity contribution < 1.29 is 4.39 Å². The molecular weight excluding hydrogens is 449 g/mol. The van der Waals surface area contributed by atoms with Crippen LogP contribution in [0.4, 0.5) is 4.39 Å². The first-order chi connectivity index (χ1) is 16.6. The van der Waals surface area contributed by atoms with Gasteiger partial charge >= 0.3 is 0 Å². The lowest BCUT2D eigenvalue weighted by molar-refractivity contribution is 0.276. The normalized spacial score (nSPS) is 18.3. The molecule has 4 aromatic rings. The maximum absolute atomic E-state index is 14.4. The Hall–Kier alpha value is -3.22. The topological polar surface area (TPSA) is 83.8 Å². The van der Waals surface area contributed by atoms with Gasteiger partial charge in [-0.05, 0) is 57.4 Å². The largest absolute Gasteiger partial charge is 0.314 e. The number of nitriles is 1. The number of fused-ring (bicyclic) bond motifs is 1. The summed E-state index contributed by atoms with van der Waals surface area (Å²) in [6.07, 6.45) is 11.4. The van der Waals surface area contributed by atoms with Gasteiger partial charge in [0.15, 0.2) is 5.82 Å². The number of nitrogens with one attached hydrogen (secondary N) is 1. The quantitative estimate of drug-likeness (QED) is 0.415. The van der Waals surface area contributed by atoms with Crippen LogP contribution in [0, 0.1) is 24.1 Å². The third-order valence-corrected chi connectivity index (χ3v) is 7.54. The van der Waals surface area contributed by atoms with Crippen LogP contribution in [0.2, 0.25) is 0 Å². The predicted molar refractivity (Wildman–Crippen MR) is 129 cm³/mol. The van der Waals surface area contributed by atoms with E-state index in [0.717, 1.165) is 53.9 Å². The van der Waals surface area contributed by atoms with Crippen LogP contribution in [0.15, 0.2) is 52.9 Å². The van der Waals surface area contributed by atoms with Crippen molar-refractivity contribution in [1.29, 1.82) is 5.26 Å². The van der Waals surface area contributed by atoms with Gasteiger partial charge in [0.25, 0.3) is 0 Å². The fourth-order valence-electron chi connectivity index (χ4n) is 4.83. The second-order valence-corrected chi connectivity index (χ2v) is 9.63. The van der Waals surface area contributed by atoms with E-state index in [4.69, 9.17) is 5.10 Å². The lowest BCUT2D eigenvalue weighted by atomic mass is 9.91. The second-order valence-electron chi connectivity index (χ2n) is 8.60. The summed E-state index contributed by atoms with van der Waals surface area (Å²) < 4.78 is 18.2. The SMILES string of the molecule is CCNC1CCC(n2ncc(-c3cc(Sc4ncccc4F)c4c(C#N)cnn4c3)c2C)CC1. The Bertz CT molecular complexity index is 1360. The Labute approximate surface area is 202 Å². The first-order valence-corrected chi connectivity index (χ1v) is 12.4. The van der Waals surface area contributed by atoms with Gasteiger partial charge < -0.3 is 5.32 Å². The molecule has 0 unspecified atom stereocenters. The van der Waals surface area contributed by atoms with Crippen LogP contribution in [0.5, 0.6) is 0 Å². The number of nitrogens with zero attached hydrogens (tertiary/aromatic N) is 6. The van der Waals surface area contributed by atoms with Gasteiger partial charge in [-0.1, -0.05) is 18.7 Å². The molecule has 1 saturated carbocycles. The van der Waals surface area contributed by atoms with Crippen molar-refractivity contribution in [2.45, 2.75) is 61.5 Å². The van der Waals surface area contributed by atoms with E-state index in [-0.39, 0.29) is 5.03 Å². The molecule has 0 spiro atoms. The molecule has 5 rings (SSSR count). The van der Waals surface area contributed by atoms with Crippen molar-refractivity contribution in [2.24, 2.45) is 0 Å². The molecule has 0 amide bonds. The molecule has 0 aliphatic heterocycles. The molecule has 1 aliphatic carbocycles. The zero-order chi connectivity index (χ0) is 23.7. The Balaban J connectivity index is 1.51. The van der Waals surface area contributed by atoms with Gasteiger partial charge in [0.2, 0.25) is 0 Å². The molecule has 7 nitrogen and oxygen atoms in total. The molecule has 34 heavy (non-hydrogen) atoms. The summed E-state index contributed by atoms with van der Waals surface area (Å²) in [5, 5.41) is 22.5. The molecule has 4 heterocycles. The standard InChI is InChI=1S/C25H26FN7S/c1-3-28-19-6-8-20(9-7-19)33-16(2)21(14-31-33)17-11-23(34-25-22(26)5-4-10-29-25)24-18(12-27)13-30-32(24)15-17/h4-5,10-11,13-15,19-20,28H,3,6-9H2,1-2H3. The van der Waals surface area contributed by atoms with Crippen LogP contribution in [-0.4, -0.2) is 37.0 Å². The van der Waals surface area contributed by atoms with Crippen LogP contribution in [0.3, 0.4) is 0 Å². The van der Waals surface area contributed by atoms with Gasteiger partial charge in [-0.15, -0.1) is 0 Å². The van der Waals surface area contributed by atoms with Crippen LogP contribution < -0.4 is 5.32 Å². The van der Waals surface area contributed by atoms with Crippen LogP contribution >= 0.6 is 11.8 Å². The lowest BCUT2D eigenvalue weighted by Gasteiger charge is -2.30. The molecule has 1 N–H and O–H groups in total. The predicted octanol–water partition coefficient (Wildman–Crippen LogP) is 5.16. The smallest absolute Gasteiger partial charge is 0.155 e. The number of aromatic nitrogens is 5. The van der Waals surface area contributed by atoms with Crippen molar-refractivity contribution >= 4 is 17.3 Å². The highest BCUT2D eigenvalue weighted by Gasteiger charge is 2.25. The fraction of sp³-hybridized carbons (Fsp3) is 0.360. The maximum atomic E-state index is 14.4. The summed E-state index contributed by atoms with van der Waals surface area (Å²) in [6, 6.07) is 8.10. The molecule has 174 valence electrons. The van der Waals surface area contributed by atoms with E-state index in [9.17, 15) is 9.65 Å². The summed E-state index contributed by atoms with van der Waals surface area (Å²) in [6.45, 7) is 5.26. The minimum absolute atomic E-state index is 0.261. The second kappa shape index (κ2) is 9.57. The molecule has 9 heteroatoms. The molecule has 0 aromatic carbocycles. The third-order valence-electron chi connectivity index (χ3n) is 6.52. The lowest BCUT2D eigenvalue weighted by Crippen LogP contribution is -2.33. The fourth-order valence-corrected chi connectivity index (χ4v) is 5.80. The summed E-state index contributed by atoms with van der Waals surface area (Å²) >= 11 is 1.20. The Morgan fingerprint density at radius 3 is 2.79 bits per heavy atom. The zero-order valence-corrected chi connectivity index (χ0v) is 20.0. The van der Waals surface area contributed by atoms with E-state index in [1.54, 1.807) is 16.8 Å². The van der Waals surface area contributed by atoms with Crippen LogP contribution in [0.1, 0.15) is 49.9 Å². The van der Waals surface area contributed by atoms with Gasteiger partial charge in [0, 0.05) is 40.2 Å². The molecule has 0 bridgehead atoms. The molecule has 0 saturated heterocycles. The zero-order valence-electron chi connectivity index (χ0n) is 19.2. The molecule has 0 atom stereocenters. The van der Waals surface area contributed by atoms with Gasteiger partial charge in [-0.3, -0.25) is 4.68 Å². The van der Waals surface area contributed by atoms with Crippen molar-refractivity contribution in [3.63, 3.8) is 0 Å². The summed E-state index contributed by atoms with van der Waals surface area (Å²) in [7, 11) is 0. The van der Waals surface area contributed by atoms with Gasteiger partial charge in [-0.25, -0.2) is 13.9 Å². The third kappa shape index (κ3) is 4.19. The van der Waals surface area contributed by atoms with E-state index in [1.165, 1.54) is 24.0 Å². The summed E-state index contributed by atoms with van der Waals surface area (Å²) in [4.78, 5) is 4.90. The van der Waals surface area contributed by atoms with E-state index < -0.39 is 5.82 Å². The summed E-state index contributed by atoms with van der Waals surface area (Å²) in [5.41, 5.74) is 4.11. The molecular formula is C25H26FN7S. The van der Waals surface area contributed by atoms with Crippen LogP contribution in [-0.2, 0) is 0 Å². The van der Waals surface area contributed by atoms with Crippen molar-refractivity contribution in [2.75, 3.05) is 6.54 Å². The van der Waals surface area contributed by atoms with Gasteiger partial charge in [0.1, 0.15) is 11.1 Å². The minimum atomic E-state index is -0.397. The first-order valence-electron chi connectivity index (χ1n) is 11.6. The van der Waals surface area contributed by atoms with Crippen molar-refractivity contribution in [1.82, 2.24) is 29.7 Å². The van der Waals surface area contributed by atoms with Crippen LogP contribution in [0.25, 0.3) is 16.6 Å². The monoisotopic (exact) mass is 475 g/mol. The van der Waals surface area contributed by atoms with E-state index >= 15 is 0 Å². The van der Waals surface area contributed by atoms with Crippen molar-refractivity contribution in [3.8, 4) is 17.2 Å². The highest BCUT2D eigenvalue weighted by atomic mass is 32.2. The number of pyridine rings is 2. The maximum Gasteiger partial charge on any atom is 0.155 e. The Morgan fingerprint density at radius 2 is 2.06 bits per heavy atom. The minimum Gasteiger partial charge on any atom is -0.314 e. The average molecular weight is 476 g/mol. The van der Waals surface area contributed by atoms with Gasteiger partial charge in [-0.2, -0.15) is 15.5 Å². The van der Waals surface area contributed by atoms with E-state index in [2.05, 4.69) is 40.0 Å². The first kappa shape index (κ1) is 22.6. The number of hydrogen-bond donors (Lipinski definition) is 1. The average Bonchev–Trinajstić information content (AvgIpc) is 3.44. The van der Waals surface area contributed by atoms with Gasteiger partial charge in [0.05, 0.1) is 29.5 Å². The Kier molecular flexibility index (Phi) is 6.35. The summed E-state index contributed by atoms with van der Waals surface area (Å²) in [5.74, 6) is -0.397. The number of halogens is 1. The molecule has 4 aromatic heterocycles. The molecule has 1 fully saturated rings. The van der Waals surface area contributed by atoms with E-state index in [0.29, 0.717) is 23.2 Å². The molecule has 0 radical (unpaired) electrons. The number of rotatable bonds is 6. The van der Waals surface area contributed by atoms with Crippen molar-refractivity contribution in [3.05, 3.63) is 60.1 Å². The van der Waals surface area contributed by atoms with E-state index in [1.807, 2.05) is 18.5 Å². The highest BCUT2D eigenvalue weighted by molar-refractivity contribution is 7.99. The highest BCUT2D eigenvalue weighted by Crippen LogP contribution is 2.37.